The summed E-state index contributed by atoms with van der Waals surface area (Å²) in [6.45, 7) is 7.32. The number of carbonyl (C=O) groups excluding carboxylic acids is 2. The van der Waals surface area contributed by atoms with Gasteiger partial charge in [0.2, 0.25) is 5.91 Å². The van der Waals surface area contributed by atoms with Gasteiger partial charge in [0.05, 0.1) is 0 Å². The number of fused-ring (bicyclic) bond motifs is 1. The van der Waals surface area contributed by atoms with Crippen molar-refractivity contribution < 1.29 is 18.7 Å². The molecule has 1 fully saturated rings. The summed E-state index contributed by atoms with van der Waals surface area (Å²) in [6.07, 6.45) is 1.32. The molecule has 0 radical (unpaired) electrons. The summed E-state index contributed by atoms with van der Waals surface area (Å²) >= 11 is 0. The molecule has 6 nitrogen and oxygen atoms in total. The smallest absolute Gasteiger partial charge is 0.246 e. The molecular formula is C38H36N2O4. The number of allylic oxidation sites excluding steroid dienone is 1. The maximum Gasteiger partial charge on any atom is 0.246 e. The minimum Gasteiger partial charge on any atom is -0.477 e. The highest BCUT2D eigenvalue weighted by atomic mass is 16.5. The van der Waals surface area contributed by atoms with Gasteiger partial charge in [-0.05, 0) is 46.9 Å². The molecule has 222 valence electrons. The van der Waals surface area contributed by atoms with Crippen LogP contribution in [0.5, 0.6) is 5.75 Å². The molecule has 5 aromatic rings. The van der Waals surface area contributed by atoms with E-state index in [4.69, 9.17) is 9.15 Å². The third-order valence-corrected chi connectivity index (χ3v) is 8.14. The third kappa shape index (κ3) is 6.51. The minimum absolute atomic E-state index is 0.0150. The number of benzene rings is 4. The Bertz CT molecular complexity index is 1730. The Labute approximate surface area is 258 Å². The lowest BCUT2D eigenvalue weighted by atomic mass is 10.00. The number of piperazine rings is 1. The van der Waals surface area contributed by atoms with Crippen LogP contribution in [0.4, 0.5) is 0 Å². The highest BCUT2D eigenvalue weighted by Crippen LogP contribution is 2.38. The van der Waals surface area contributed by atoms with Crippen molar-refractivity contribution in [1.82, 2.24) is 9.80 Å². The van der Waals surface area contributed by atoms with Crippen LogP contribution in [0, 0.1) is 0 Å². The van der Waals surface area contributed by atoms with Crippen LogP contribution in [0.3, 0.4) is 0 Å². The molecule has 1 saturated heterocycles. The fourth-order valence-electron chi connectivity index (χ4n) is 5.74. The maximum atomic E-state index is 13.4. The van der Waals surface area contributed by atoms with Gasteiger partial charge in [-0.1, -0.05) is 97.1 Å². The van der Waals surface area contributed by atoms with Gasteiger partial charge in [0.15, 0.2) is 22.9 Å². The second-order valence-corrected chi connectivity index (χ2v) is 11.3. The van der Waals surface area contributed by atoms with Gasteiger partial charge in [0.1, 0.15) is 6.10 Å². The van der Waals surface area contributed by atoms with E-state index in [0.29, 0.717) is 24.4 Å². The topological polar surface area (TPSA) is 63.0 Å². The molecule has 1 aliphatic heterocycles. The van der Waals surface area contributed by atoms with E-state index < -0.39 is 0 Å². The van der Waals surface area contributed by atoms with Crippen LogP contribution < -0.4 is 4.74 Å². The molecule has 0 aliphatic carbocycles. The molecule has 1 aliphatic rings. The first-order valence-electron chi connectivity index (χ1n) is 15.0. The zero-order valence-corrected chi connectivity index (χ0v) is 25.1. The predicted molar refractivity (Wildman–Crippen MR) is 174 cm³/mol. The minimum atomic E-state index is -0.379. The molecule has 2 heterocycles. The lowest BCUT2D eigenvalue weighted by Gasteiger charge is -2.34. The van der Waals surface area contributed by atoms with Gasteiger partial charge in [0, 0.05) is 51.1 Å². The molecule has 0 saturated carbocycles. The van der Waals surface area contributed by atoms with Crippen LogP contribution >= 0.6 is 0 Å². The summed E-state index contributed by atoms with van der Waals surface area (Å²) in [5, 5.41) is 0.738. The van der Waals surface area contributed by atoms with Gasteiger partial charge < -0.3 is 14.1 Å². The maximum absolute atomic E-state index is 13.4. The van der Waals surface area contributed by atoms with Crippen molar-refractivity contribution in [2.75, 3.05) is 26.2 Å². The van der Waals surface area contributed by atoms with Crippen molar-refractivity contribution in [1.29, 1.82) is 0 Å². The Balaban J connectivity index is 1.25. The quantitative estimate of drug-likeness (QED) is 0.132. The second kappa shape index (κ2) is 13.1. The number of rotatable bonds is 9. The van der Waals surface area contributed by atoms with Gasteiger partial charge in [-0.15, -0.1) is 0 Å². The average Bonchev–Trinajstić information content (AvgIpc) is 3.52. The Kier molecular flexibility index (Phi) is 8.71. The Hall–Kier alpha value is -4.94. The molecule has 0 N–H and O–H groups in total. The zero-order valence-electron chi connectivity index (χ0n) is 25.1. The fraction of sp³-hybridized carbons (Fsp3) is 0.211. The van der Waals surface area contributed by atoms with Crippen LogP contribution in [0.25, 0.3) is 16.5 Å². The number of carbonyl (C=O) groups is 2. The molecule has 6 heteroatoms. The Morgan fingerprint density at radius 3 is 1.98 bits per heavy atom. The number of nitrogens with zero attached hydrogens (tertiary/aromatic N) is 2. The lowest BCUT2D eigenvalue weighted by molar-refractivity contribution is -0.127. The molecule has 1 amide bonds. The molecular weight excluding hydrogens is 548 g/mol. The molecule has 0 bridgehead atoms. The van der Waals surface area contributed by atoms with Crippen molar-refractivity contribution in [2.45, 2.75) is 26.5 Å². The number of ketones is 1. The number of hydrogen-bond acceptors (Lipinski definition) is 5. The van der Waals surface area contributed by atoms with Gasteiger partial charge in [0.25, 0.3) is 0 Å². The highest BCUT2D eigenvalue weighted by Gasteiger charge is 2.23. The summed E-state index contributed by atoms with van der Waals surface area (Å²) in [7, 11) is 0. The molecule has 1 aromatic heterocycles. The standard InChI is InChI=1S/C38H36N2O4/c1-27(24-36(42)40-22-20-39(21-23-40)26-29-12-6-3-7-13-29)32-18-19-34(38-33(32)25-35(44-38)28(2)41)43-37(30-14-8-4-9-15-30)31-16-10-5-11-17-31/h3-19,24-25,37H,20-23,26H2,1-2H3/b27-24-. The first-order chi connectivity index (χ1) is 21.5. The molecule has 0 atom stereocenters. The highest BCUT2D eigenvalue weighted by molar-refractivity contribution is 6.03. The zero-order chi connectivity index (χ0) is 30.5. The van der Waals surface area contributed by atoms with Crippen LogP contribution in [0.2, 0.25) is 0 Å². The first kappa shape index (κ1) is 29.1. The lowest BCUT2D eigenvalue weighted by Crippen LogP contribution is -2.47. The largest absolute Gasteiger partial charge is 0.477 e. The third-order valence-electron chi connectivity index (χ3n) is 8.14. The van der Waals surface area contributed by atoms with Crippen molar-refractivity contribution in [3.63, 3.8) is 0 Å². The molecule has 44 heavy (non-hydrogen) atoms. The Morgan fingerprint density at radius 1 is 0.795 bits per heavy atom. The molecule has 0 spiro atoms. The summed E-state index contributed by atoms with van der Waals surface area (Å²) in [5.41, 5.74) is 5.40. The van der Waals surface area contributed by atoms with Crippen LogP contribution in [-0.4, -0.2) is 47.7 Å². The van der Waals surface area contributed by atoms with Gasteiger partial charge in [-0.2, -0.15) is 0 Å². The summed E-state index contributed by atoms with van der Waals surface area (Å²) in [6, 6.07) is 36.0. The SMILES string of the molecule is CC(=O)c1cc2c(/C(C)=C\C(=O)N3CCN(Cc4ccccc4)CC3)ccc(OC(c3ccccc3)c3ccccc3)c2o1. The number of hydrogen-bond donors (Lipinski definition) is 0. The van der Waals surface area contributed by atoms with Crippen molar-refractivity contribution >= 4 is 28.2 Å². The monoisotopic (exact) mass is 584 g/mol. The average molecular weight is 585 g/mol. The van der Waals surface area contributed by atoms with Crippen molar-refractivity contribution in [3.05, 3.63) is 143 Å². The van der Waals surface area contributed by atoms with Crippen LogP contribution in [0.1, 0.15) is 52.8 Å². The van der Waals surface area contributed by atoms with E-state index in [1.807, 2.05) is 90.7 Å². The first-order valence-corrected chi connectivity index (χ1v) is 15.0. The van der Waals surface area contributed by atoms with E-state index in [1.54, 1.807) is 12.1 Å². The van der Waals surface area contributed by atoms with E-state index in [0.717, 1.165) is 47.3 Å². The predicted octanol–water partition coefficient (Wildman–Crippen LogP) is 7.55. The van der Waals surface area contributed by atoms with E-state index in [-0.39, 0.29) is 23.6 Å². The van der Waals surface area contributed by atoms with Crippen molar-refractivity contribution in [2.24, 2.45) is 0 Å². The summed E-state index contributed by atoms with van der Waals surface area (Å²) < 4.78 is 12.8. The molecule has 0 unspecified atom stereocenters. The van der Waals surface area contributed by atoms with Gasteiger partial charge >= 0.3 is 0 Å². The van der Waals surface area contributed by atoms with E-state index in [2.05, 4.69) is 29.2 Å². The fourth-order valence-corrected chi connectivity index (χ4v) is 5.74. The van der Waals surface area contributed by atoms with Gasteiger partial charge in [-0.3, -0.25) is 14.5 Å². The summed E-state index contributed by atoms with van der Waals surface area (Å²) in [4.78, 5) is 30.0. The Morgan fingerprint density at radius 2 is 1.39 bits per heavy atom. The molecule has 6 rings (SSSR count). The summed E-state index contributed by atoms with van der Waals surface area (Å²) in [5.74, 6) is 0.593. The van der Waals surface area contributed by atoms with E-state index >= 15 is 0 Å². The van der Waals surface area contributed by atoms with Gasteiger partial charge in [-0.25, -0.2) is 0 Å². The van der Waals surface area contributed by atoms with E-state index in [1.165, 1.54) is 12.5 Å². The molecule has 4 aromatic carbocycles. The van der Waals surface area contributed by atoms with Crippen molar-refractivity contribution in [3.8, 4) is 5.75 Å². The van der Waals surface area contributed by atoms with E-state index in [9.17, 15) is 9.59 Å². The number of ether oxygens (including phenoxy) is 1. The number of Topliss-reactive ketones (excluding diaryl/α,β-unsaturated/α-hetero) is 1. The normalized spacial score (nSPS) is 14.2. The van der Waals surface area contributed by atoms with Crippen LogP contribution in [-0.2, 0) is 11.3 Å². The van der Waals surface area contributed by atoms with Crippen LogP contribution in [0.15, 0.2) is 120 Å². The number of furan rings is 1. The number of amides is 1. The second-order valence-electron chi connectivity index (χ2n) is 11.3.